The Labute approximate surface area is 140 Å². The molecule has 5 nitrogen and oxygen atoms in total. The molecule has 2 N–H and O–H groups in total. The van der Waals surface area contributed by atoms with Crippen LogP contribution in [0.3, 0.4) is 0 Å². The zero-order valence-electron chi connectivity index (χ0n) is 13.0. The number of nitrogens with one attached hydrogen (secondary N) is 2. The lowest BCUT2D eigenvalue weighted by Crippen LogP contribution is -2.29. The molecule has 0 aliphatic heterocycles. The van der Waals surface area contributed by atoms with Crippen LogP contribution in [0, 0.1) is 0 Å². The standard InChI is InChI=1S/C17H18ClN3O2/c1-12(20-21-15-7-5-14(18)6-8-15)17(22)19-11-13-3-9-16(23-2)10-4-13/h3-10,21H,11H2,1-2H3,(H,19,22). The van der Waals surface area contributed by atoms with Gasteiger partial charge in [0.25, 0.3) is 5.91 Å². The number of carbonyl (C=O) groups excluding carboxylic acids is 1. The van der Waals surface area contributed by atoms with Crippen LogP contribution in [0.25, 0.3) is 0 Å². The summed E-state index contributed by atoms with van der Waals surface area (Å²) in [5.74, 6) is 0.548. The number of nitrogens with zero attached hydrogens (tertiary/aromatic N) is 1. The number of hydrogen-bond donors (Lipinski definition) is 2. The normalized spacial score (nSPS) is 11.0. The SMILES string of the molecule is COc1ccc(CNC(=O)C(C)=NNc2ccc(Cl)cc2)cc1. The van der Waals surface area contributed by atoms with Crippen molar-refractivity contribution in [1.82, 2.24) is 5.32 Å². The summed E-state index contributed by atoms with van der Waals surface area (Å²) in [5.41, 5.74) is 4.90. The van der Waals surface area contributed by atoms with Crippen molar-refractivity contribution < 1.29 is 9.53 Å². The van der Waals surface area contributed by atoms with E-state index in [4.69, 9.17) is 16.3 Å². The van der Waals surface area contributed by atoms with Gasteiger partial charge in [0.2, 0.25) is 0 Å². The molecule has 120 valence electrons. The first-order valence-electron chi connectivity index (χ1n) is 7.05. The second-order valence-corrected chi connectivity index (χ2v) is 5.28. The molecule has 0 saturated carbocycles. The Morgan fingerprint density at radius 3 is 2.39 bits per heavy atom. The quantitative estimate of drug-likeness (QED) is 0.629. The van der Waals surface area contributed by atoms with Crippen molar-refractivity contribution in [2.75, 3.05) is 12.5 Å². The first kappa shape index (κ1) is 16.8. The predicted octanol–water partition coefficient (Wildman–Crippen LogP) is 3.45. The maximum Gasteiger partial charge on any atom is 0.267 e. The molecule has 1 amide bonds. The van der Waals surface area contributed by atoms with Crippen LogP contribution in [-0.4, -0.2) is 18.7 Å². The Balaban J connectivity index is 1.86. The highest BCUT2D eigenvalue weighted by Gasteiger charge is 2.05. The third-order valence-corrected chi connectivity index (χ3v) is 3.39. The molecule has 0 fully saturated rings. The number of ether oxygens (including phenoxy) is 1. The van der Waals surface area contributed by atoms with Crippen molar-refractivity contribution in [2.24, 2.45) is 5.10 Å². The minimum atomic E-state index is -0.234. The second kappa shape index (κ2) is 8.19. The van der Waals surface area contributed by atoms with E-state index >= 15 is 0 Å². The fourth-order valence-corrected chi connectivity index (χ4v) is 1.90. The summed E-state index contributed by atoms with van der Waals surface area (Å²) in [6.45, 7) is 2.07. The molecule has 0 unspecified atom stereocenters. The lowest BCUT2D eigenvalue weighted by molar-refractivity contribution is -0.115. The zero-order valence-corrected chi connectivity index (χ0v) is 13.7. The number of methoxy groups -OCH3 is 1. The molecule has 2 aromatic carbocycles. The molecule has 0 saturated heterocycles. The van der Waals surface area contributed by atoms with Gasteiger partial charge in [0, 0.05) is 11.6 Å². The fraction of sp³-hybridized carbons (Fsp3) is 0.176. The van der Waals surface area contributed by atoms with E-state index in [1.54, 1.807) is 38.3 Å². The Bertz CT molecular complexity index is 682. The molecule has 2 rings (SSSR count). The van der Waals surface area contributed by atoms with Gasteiger partial charge in [0.05, 0.1) is 12.8 Å². The van der Waals surface area contributed by atoms with Gasteiger partial charge in [0.15, 0.2) is 0 Å². The van der Waals surface area contributed by atoms with Gasteiger partial charge < -0.3 is 10.1 Å². The van der Waals surface area contributed by atoms with Crippen molar-refractivity contribution >= 4 is 28.9 Å². The minimum absolute atomic E-state index is 0.234. The number of halogens is 1. The molecule has 0 spiro atoms. The van der Waals surface area contributed by atoms with Crippen molar-refractivity contribution in [3.8, 4) is 5.75 Å². The van der Waals surface area contributed by atoms with Crippen LogP contribution < -0.4 is 15.5 Å². The second-order valence-electron chi connectivity index (χ2n) is 4.85. The molecule has 0 heterocycles. The monoisotopic (exact) mass is 331 g/mol. The number of carbonyl (C=O) groups is 1. The third-order valence-electron chi connectivity index (χ3n) is 3.14. The molecule has 0 aromatic heterocycles. The maximum atomic E-state index is 12.0. The summed E-state index contributed by atoms with van der Waals surface area (Å²) < 4.78 is 5.09. The molecular weight excluding hydrogens is 314 g/mol. The highest BCUT2D eigenvalue weighted by atomic mass is 35.5. The van der Waals surface area contributed by atoms with Crippen LogP contribution in [0.5, 0.6) is 5.75 Å². The number of rotatable bonds is 6. The van der Waals surface area contributed by atoms with E-state index in [1.165, 1.54) is 0 Å². The average Bonchev–Trinajstić information content (AvgIpc) is 2.59. The van der Waals surface area contributed by atoms with Crippen LogP contribution in [0.2, 0.25) is 5.02 Å². The van der Waals surface area contributed by atoms with Crippen molar-refractivity contribution in [2.45, 2.75) is 13.5 Å². The Kier molecular flexibility index (Phi) is 6.00. The van der Waals surface area contributed by atoms with Crippen molar-refractivity contribution in [1.29, 1.82) is 0 Å². The molecule has 6 heteroatoms. The molecule has 0 bridgehead atoms. The van der Waals surface area contributed by atoms with E-state index in [-0.39, 0.29) is 5.91 Å². The van der Waals surface area contributed by atoms with Gasteiger partial charge >= 0.3 is 0 Å². The lowest BCUT2D eigenvalue weighted by atomic mass is 10.2. The maximum absolute atomic E-state index is 12.0. The van der Waals surface area contributed by atoms with E-state index in [0.29, 0.717) is 17.3 Å². The Morgan fingerprint density at radius 1 is 1.13 bits per heavy atom. The van der Waals surface area contributed by atoms with Gasteiger partial charge in [-0.05, 0) is 48.9 Å². The van der Waals surface area contributed by atoms with E-state index in [0.717, 1.165) is 17.0 Å². The average molecular weight is 332 g/mol. The van der Waals surface area contributed by atoms with Crippen LogP contribution in [0.4, 0.5) is 5.69 Å². The molecule has 23 heavy (non-hydrogen) atoms. The van der Waals surface area contributed by atoms with E-state index in [2.05, 4.69) is 15.8 Å². The first-order valence-corrected chi connectivity index (χ1v) is 7.43. The van der Waals surface area contributed by atoms with Crippen molar-refractivity contribution in [3.05, 3.63) is 59.1 Å². The van der Waals surface area contributed by atoms with Gasteiger partial charge in [-0.15, -0.1) is 0 Å². The summed E-state index contributed by atoms with van der Waals surface area (Å²) in [4.78, 5) is 12.0. The van der Waals surface area contributed by atoms with Crippen LogP contribution in [-0.2, 0) is 11.3 Å². The summed E-state index contributed by atoms with van der Waals surface area (Å²) >= 11 is 5.81. The van der Waals surface area contributed by atoms with E-state index in [9.17, 15) is 4.79 Å². The molecule has 0 atom stereocenters. The van der Waals surface area contributed by atoms with Gasteiger partial charge in [-0.1, -0.05) is 23.7 Å². The first-order chi connectivity index (χ1) is 11.1. The molecule has 0 aliphatic carbocycles. The minimum Gasteiger partial charge on any atom is -0.497 e. The molecule has 0 radical (unpaired) electrons. The highest BCUT2D eigenvalue weighted by Crippen LogP contribution is 2.13. The summed E-state index contributed by atoms with van der Waals surface area (Å²) in [6.07, 6.45) is 0. The van der Waals surface area contributed by atoms with Crippen LogP contribution in [0.15, 0.2) is 53.6 Å². The number of hydrazone groups is 1. The predicted molar refractivity (Wildman–Crippen MR) is 93.0 cm³/mol. The van der Waals surface area contributed by atoms with E-state index in [1.807, 2.05) is 24.3 Å². The molecular formula is C17H18ClN3O2. The van der Waals surface area contributed by atoms with Gasteiger partial charge in [-0.3, -0.25) is 10.2 Å². The van der Waals surface area contributed by atoms with Crippen molar-refractivity contribution in [3.63, 3.8) is 0 Å². The smallest absolute Gasteiger partial charge is 0.267 e. The summed E-state index contributed by atoms with van der Waals surface area (Å²) in [5, 5.41) is 7.51. The molecule has 0 aliphatic rings. The third kappa shape index (κ3) is 5.30. The number of amides is 1. The molecule has 2 aromatic rings. The van der Waals surface area contributed by atoms with E-state index < -0.39 is 0 Å². The fourth-order valence-electron chi connectivity index (χ4n) is 1.78. The number of benzene rings is 2. The Morgan fingerprint density at radius 2 is 1.78 bits per heavy atom. The number of anilines is 1. The lowest BCUT2D eigenvalue weighted by Gasteiger charge is -2.07. The van der Waals surface area contributed by atoms with Gasteiger partial charge in [0.1, 0.15) is 11.5 Å². The largest absolute Gasteiger partial charge is 0.497 e. The van der Waals surface area contributed by atoms with Gasteiger partial charge in [-0.25, -0.2) is 0 Å². The highest BCUT2D eigenvalue weighted by molar-refractivity contribution is 6.38. The Hall–Kier alpha value is -2.53. The zero-order chi connectivity index (χ0) is 16.7. The van der Waals surface area contributed by atoms with Crippen LogP contribution in [0.1, 0.15) is 12.5 Å². The summed E-state index contributed by atoms with van der Waals surface area (Å²) in [7, 11) is 1.62. The van der Waals surface area contributed by atoms with Gasteiger partial charge in [-0.2, -0.15) is 5.10 Å². The number of hydrogen-bond acceptors (Lipinski definition) is 4. The summed E-state index contributed by atoms with van der Waals surface area (Å²) in [6, 6.07) is 14.6. The van der Waals surface area contributed by atoms with Crippen LogP contribution >= 0.6 is 11.6 Å². The topological polar surface area (TPSA) is 62.7 Å².